The molecule has 0 unspecified atom stereocenters. The van der Waals surface area contributed by atoms with Crippen LogP contribution in [0.1, 0.15) is 36.8 Å². The summed E-state index contributed by atoms with van der Waals surface area (Å²) in [4.78, 5) is 10.5. The van der Waals surface area contributed by atoms with Crippen LogP contribution >= 0.6 is 0 Å². The van der Waals surface area contributed by atoms with E-state index >= 15 is 0 Å². The molecule has 0 saturated heterocycles. The highest BCUT2D eigenvalue weighted by molar-refractivity contribution is 5.74. The van der Waals surface area contributed by atoms with Gasteiger partial charge < -0.3 is 4.52 Å². The highest BCUT2D eigenvalue weighted by atomic mass is 16.5. The fourth-order valence-corrected chi connectivity index (χ4v) is 1.61. The highest BCUT2D eigenvalue weighted by Gasteiger charge is 2.14. The summed E-state index contributed by atoms with van der Waals surface area (Å²) in [6, 6.07) is 9.74. The summed E-state index contributed by atoms with van der Waals surface area (Å²) in [6.45, 7) is 6.50. The van der Waals surface area contributed by atoms with E-state index in [4.69, 9.17) is 4.52 Å². The minimum atomic E-state index is 0.133. The van der Waals surface area contributed by atoms with E-state index in [1.165, 1.54) is 5.56 Å². The van der Waals surface area contributed by atoms with Gasteiger partial charge in [0.2, 0.25) is 0 Å². The molecule has 1 aromatic carbocycles. The third-order valence-corrected chi connectivity index (χ3v) is 2.68. The van der Waals surface area contributed by atoms with E-state index in [9.17, 15) is 4.79 Å². The minimum absolute atomic E-state index is 0.133. The van der Waals surface area contributed by atoms with Crippen LogP contribution in [0.3, 0.4) is 0 Å². The summed E-state index contributed by atoms with van der Waals surface area (Å²) in [5, 5.41) is 3.64. The van der Waals surface area contributed by atoms with Gasteiger partial charge in [-0.3, -0.25) is 4.79 Å². The van der Waals surface area contributed by atoms with E-state index in [2.05, 4.69) is 38.1 Å². The zero-order valence-corrected chi connectivity index (χ0v) is 10.2. The average Bonchev–Trinajstić information content (AvgIpc) is 2.76. The van der Waals surface area contributed by atoms with Crippen molar-refractivity contribution < 1.29 is 9.32 Å². The van der Waals surface area contributed by atoms with Crippen molar-refractivity contribution in [2.45, 2.75) is 26.2 Å². The first-order valence-corrected chi connectivity index (χ1v) is 5.53. The van der Waals surface area contributed by atoms with Gasteiger partial charge in [-0.05, 0) is 11.0 Å². The Bertz CT molecular complexity index is 518. The number of aldehydes is 1. The fourth-order valence-electron chi connectivity index (χ4n) is 1.61. The van der Waals surface area contributed by atoms with E-state index < -0.39 is 0 Å². The Kier molecular flexibility index (Phi) is 2.84. The van der Waals surface area contributed by atoms with Gasteiger partial charge in [-0.25, -0.2) is 0 Å². The molecule has 0 aliphatic carbocycles. The number of benzene rings is 1. The van der Waals surface area contributed by atoms with E-state index in [-0.39, 0.29) is 5.41 Å². The van der Waals surface area contributed by atoms with Crippen molar-refractivity contribution in [3.05, 3.63) is 41.6 Å². The topological polar surface area (TPSA) is 43.1 Å². The zero-order valence-electron chi connectivity index (χ0n) is 10.2. The molecule has 1 heterocycles. The number of nitrogens with zero attached hydrogens (tertiary/aromatic N) is 1. The lowest BCUT2D eigenvalue weighted by molar-refractivity contribution is 0.111. The predicted octanol–water partition coefficient (Wildman–Crippen LogP) is 3.45. The van der Waals surface area contributed by atoms with Gasteiger partial charge in [0.15, 0.2) is 12.0 Å². The standard InChI is InChI=1S/C14H15NO2/c1-14(2,3)11-6-4-10(5-7-11)13-8-12(9-16)15-17-13/h4-9H,1-3H3. The summed E-state index contributed by atoms with van der Waals surface area (Å²) in [5.74, 6) is 0.618. The van der Waals surface area contributed by atoms with Gasteiger partial charge in [-0.15, -0.1) is 0 Å². The van der Waals surface area contributed by atoms with Gasteiger partial charge in [0, 0.05) is 11.6 Å². The van der Waals surface area contributed by atoms with Gasteiger partial charge >= 0.3 is 0 Å². The van der Waals surface area contributed by atoms with E-state index in [1.54, 1.807) is 6.07 Å². The second-order valence-electron chi connectivity index (χ2n) is 5.06. The summed E-state index contributed by atoms with van der Waals surface area (Å²) < 4.78 is 5.09. The summed E-state index contributed by atoms with van der Waals surface area (Å²) in [5.41, 5.74) is 2.64. The molecule has 17 heavy (non-hydrogen) atoms. The Labute approximate surface area is 100 Å². The number of rotatable bonds is 2. The largest absolute Gasteiger partial charge is 0.356 e. The molecule has 0 bridgehead atoms. The molecule has 0 N–H and O–H groups in total. The third kappa shape index (κ3) is 2.44. The molecule has 1 aromatic heterocycles. The second kappa shape index (κ2) is 4.17. The fraction of sp³-hybridized carbons (Fsp3) is 0.286. The monoisotopic (exact) mass is 229 g/mol. The van der Waals surface area contributed by atoms with E-state index in [0.29, 0.717) is 17.7 Å². The molecule has 88 valence electrons. The van der Waals surface area contributed by atoms with Crippen molar-refractivity contribution >= 4 is 6.29 Å². The van der Waals surface area contributed by atoms with Gasteiger partial charge in [0.05, 0.1) is 0 Å². The van der Waals surface area contributed by atoms with Crippen LogP contribution in [0, 0.1) is 0 Å². The summed E-state index contributed by atoms with van der Waals surface area (Å²) >= 11 is 0. The minimum Gasteiger partial charge on any atom is -0.356 e. The Morgan fingerprint density at radius 3 is 2.29 bits per heavy atom. The molecule has 2 rings (SSSR count). The highest BCUT2D eigenvalue weighted by Crippen LogP contribution is 2.26. The molecule has 0 amide bonds. The predicted molar refractivity (Wildman–Crippen MR) is 66.0 cm³/mol. The van der Waals surface area contributed by atoms with Crippen LogP contribution in [0.2, 0.25) is 0 Å². The maximum atomic E-state index is 10.5. The number of aromatic nitrogens is 1. The molecule has 3 nitrogen and oxygen atoms in total. The normalized spacial score (nSPS) is 11.5. The van der Waals surface area contributed by atoms with Crippen LogP contribution in [0.15, 0.2) is 34.9 Å². The van der Waals surface area contributed by atoms with Crippen molar-refractivity contribution in [2.75, 3.05) is 0 Å². The lowest BCUT2D eigenvalue weighted by Crippen LogP contribution is -2.10. The van der Waals surface area contributed by atoms with Crippen molar-refractivity contribution in [1.29, 1.82) is 0 Å². The molecule has 0 atom stereocenters. The molecular weight excluding hydrogens is 214 g/mol. The Balaban J connectivity index is 2.32. The molecule has 0 aliphatic rings. The van der Waals surface area contributed by atoms with Gasteiger partial charge in [0.1, 0.15) is 5.69 Å². The van der Waals surface area contributed by atoms with Crippen molar-refractivity contribution in [3.63, 3.8) is 0 Å². The first-order valence-electron chi connectivity index (χ1n) is 5.53. The Morgan fingerprint density at radius 1 is 1.18 bits per heavy atom. The molecule has 0 radical (unpaired) electrons. The summed E-state index contributed by atoms with van der Waals surface area (Å²) in [6.07, 6.45) is 0.677. The lowest BCUT2D eigenvalue weighted by atomic mass is 9.86. The van der Waals surface area contributed by atoms with Crippen LogP contribution in [0.5, 0.6) is 0 Å². The molecule has 2 aromatic rings. The zero-order chi connectivity index (χ0) is 12.5. The Hall–Kier alpha value is -1.90. The quantitative estimate of drug-likeness (QED) is 0.741. The number of hydrogen-bond acceptors (Lipinski definition) is 3. The Morgan fingerprint density at radius 2 is 1.82 bits per heavy atom. The van der Waals surface area contributed by atoms with Crippen LogP contribution in [0.25, 0.3) is 11.3 Å². The third-order valence-electron chi connectivity index (χ3n) is 2.68. The number of hydrogen-bond donors (Lipinski definition) is 0. The van der Waals surface area contributed by atoms with Gasteiger partial charge in [0.25, 0.3) is 0 Å². The lowest BCUT2D eigenvalue weighted by Gasteiger charge is -2.18. The SMILES string of the molecule is CC(C)(C)c1ccc(-c2cc(C=O)no2)cc1. The van der Waals surface area contributed by atoms with Crippen molar-refractivity contribution in [1.82, 2.24) is 5.16 Å². The van der Waals surface area contributed by atoms with Crippen LogP contribution < -0.4 is 0 Å². The summed E-state index contributed by atoms with van der Waals surface area (Å²) in [7, 11) is 0. The van der Waals surface area contributed by atoms with Crippen molar-refractivity contribution in [3.8, 4) is 11.3 Å². The molecular formula is C14H15NO2. The molecule has 0 saturated carbocycles. The van der Waals surface area contributed by atoms with E-state index in [1.807, 2.05) is 12.1 Å². The first kappa shape index (κ1) is 11.6. The smallest absolute Gasteiger partial charge is 0.171 e. The maximum absolute atomic E-state index is 10.5. The molecule has 0 spiro atoms. The maximum Gasteiger partial charge on any atom is 0.171 e. The molecule has 0 fully saturated rings. The first-order chi connectivity index (χ1) is 8.00. The molecule has 3 heteroatoms. The van der Waals surface area contributed by atoms with Crippen LogP contribution in [0.4, 0.5) is 0 Å². The van der Waals surface area contributed by atoms with Crippen LogP contribution in [-0.2, 0) is 5.41 Å². The van der Waals surface area contributed by atoms with Gasteiger partial charge in [-0.2, -0.15) is 0 Å². The van der Waals surface area contributed by atoms with Crippen molar-refractivity contribution in [2.24, 2.45) is 0 Å². The number of carbonyl (C=O) groups excluding carboxylic acids is 1. The van der Waals surface area contributed by atoms with E-state index in [0.717, 1.165) is 5.56 Å². The second-order valence-corrected chi connectivity index (χ2v) is 5.06. The average molecular weight is 229 g/mol. The number of carbonyl (C=O) groups is 1. The van der Waals surface area contributed by atoms with Gasteiger partial charge in [-0.1, -0.05) is 50.2 Å². The van der Waals surface area contributed by atoms with Crippen LogP contribution in [-0.4, -0.2) is 11.4 Å². The molecule has 0 aliphatic heterocycles.